The Hall–Kier alpha value is -3.56. The molecule has 2 atom stereocenters. The summed E-state index contributed by atoms with van der Waals surface area (Å²) in [6.07, 6.45) is 0.451. The van der Waals surface area contributed by atoms with Crippen molar-refractivity contribution in [3.8, 4) is 11.9 Å². The zero-order chi connectivity index (χ0) is 32.9. The number of halogens is 3. The van der Waals surface area contributed by atoms with Gasteiger partial charge in [-0.1, -0.05) is 17.7 Å². The van der Waals surface area contributed by atoms with Crippen LogP contribution in [0.2, 0.25) is 4.34 Å². The number of hydrogen-bond donors (Lipinski definition) is 5. The van der Waals surface area contributed by atoms with Crippen LogP contribution in [0.1, 0.15) is 40.1 Å². The highest BCUT2D eigenvalue weighted by Gasteiger charge is 2.51. The number of ether oxygens (including phenoxy) is 1. The lowest BCUT2D eigenvalue weighted by Crippen LogP contribution is -2.48. The third-order valence-electron chi connectivity index (χ3n) is 7.51. The minimum Gasteiger partial charge on any atom is -0.479 e. The van der Waals surface area contributed by atoms with E-state index in [1.807, 2.05) is 25.3 Å². The predicted molar refractivity (Wildman–Crippen MR) is 156 cm³/mol. The third kappa shape index (κ3) is 7.82. The number of aryl methyl sites for hydroxylation is 1. The van der Waals surface area contributed by atoms with Gasteiger partial charge in [0.25, 0.3) is 5.92 Å². The predicted octanol–water partition coefficient (Wildman–Crippen LogP) is 2.39. The topological polar surface area (TPSA) is 194 Å². The largest absolute Gasteiger partial charge is 0.479 e. The molecule has 5 heterocycles. The second kappa shape index (κ2) is 14.3. The van der Waals surface area contributed by atoms with Gasteiger partial charge in [-0.05, 0) is 31.9 Å². The van der Waals surface area contributed by atoms with Gasteiger partial charge in [-0.15, -0.1) is 11.3 Å². The summed E-state index contributed by atoms with van der Waals surface area (Å²) in [4.78, 5) is 26.9. The van der Waals surface area contributed by atoms with Crippen LogP contribution in [0.5, 0.6) is 0 Å². The monoisotopic (exact) mass is 668 g/mol. The number of nitrogens with zero attached hydrogens (tertiary/aromatic N) is 5. The zero-order valence-corrected chi connectivity index (χ0v) is 25.6. The van der Waals surface area contributed by atoms with Crippen molar-refractivity contribution >= 4 is 34.9 Å². The summed E-state index contributed by atoms with van der Waals surface area (Å²) >= 11 is 7.33. The number of rotatable bonds is 9. The number of alkyl halides is 2. The number of carbonyl (C=O) groups is 2. The second-order valence-corrected chi connectivity index (χ2v) is 12.2. The van der Waals surface area contributed by atoms with Crippen LogP contribution >= 0.6 is 22.9 Å². The fourth-order valence-electron chi connectivity index (χ4n) is 5.08. The van der Waals surface area contributed by atoms with Gasteiger partial charge in [0, 0.05) is 60.1 Å². The molecule has 3 aromatic rings. The van der Waals surface area contributed by atoms with E-state index in [1.54, 1.807) is 10.9 Å². The number of aliphatic hydroxyl groups excluding tert-OH is 2. The average Bonchev–Trinajstić information content (AvgIpc) is 3.59. The highest BCUT2D eigenvalue weighted by Crippen LogP contribution is 2.52. The van der Waals surface area contributed by atoms with Crippen LogP contribution in [0.15, 0.2) is 30.6 Å². The molecule has 5 N–H and O–H groups in total. The highest BCUT2D eigenvalue weighted by atomic mass is 35.5. The molecule has 0 saturated carbocycles. The molecule has 1 fully saturated rings. The van der Waals surface area contributed by atoms with Crippen LogP contribution < -0.4 is 5.32 Å². The molecule has 2 aliphatic rings. The number of likely N-dealkylation sites (tertiary alicyclic amines) is 1. The molecule has 0 radical (unpaired) electrons. The van der Waals surface area contributed by atoms with Crippen LogP contribution in [0.4, 0.5) is 8.78 Å². The Bertz CT molecular complexity index is 1550. The molecule has 17 heteroatoms. The van der Waals surface area contributed by atoms with Crippen molar-refractivity contribution in [3.05, 3.63) is 62.2 Å². The molecular formula is C28H31ClF2N6O7S. The van der Waals surface area contributed by atoms with E-state index in [9.17, 15) is 18.4 Å². The van der Waals surface area contributed by atoms with Gasteiger partial charge in [-0.2, -0.15) is 19.1 Å². The van der Waals surface area contributed by atoms with Crippen LogP contribution in [0.25, 0.3) is 5.82 Å². The van der Waals surface area contributed by atoms with E-state index in [4.69, 9.17) is 42.0 Å². The molecule has 2 aliphatic heterocycles. The number of fused-ring (bicyclic) bond motifs is 2. The lowest BCUT2D eigenvalue weighted by molar-refractivity contribution is -0.182. The Morgan fingerprint density at radius 3 is 2.51 bits per heavy atom. The third-order valence-corrected chi connectivity index (χ3v) is 8.96. The van der Waals surface area contributed by atoms with E-state index in [-0.39, 0.29) is 12.1 Å². The van der Waals surface area contributed by atoms with Crippen molar-refractivity contribution in [1.82, 2.24) is 25.0 Å². The summed E-state index contributed by atoms with van der Waals surface area (Å²) in [7, 11) is 0. The Morgan fingerprint density at radius 1 is 1.22 bits per heavy atom. The van der Waals surface area contributed by atoms with E-state index >= 15 is 0 Å². The normalized spacial score (nSPS) is 18.2. The van der Waals surface area contributed by atoms with Gasteiger partial charge in [0.15, 0.2) is 18.0 Å². The van der Waals surface area contributed by atoms with E-state index < -0.39 is 42.3 Å². The minimum atomic E-state index is -3.00. The summed E-state index contributed by atoms with van der Waals surface area (Å²) in [6, 6.07) is 7.31. The zero-order valence-electron chi connectivity index (χ0n) is 24.0. The molecule has 3 aromatic heterocycles. The molecule has 0 unspecified atom stereocenters. The molecule has 45 heavy (non-hydrogen) atoms. The minimum absolute atomic E-state index is 0.0275. The molecule has 5 rings (SSSR count). The van der Waals surface area contributed by atoms with Crippen LogP contribution in [0.3, 0.4) is 0 Å². The maximum Gasteiger partial charge on any atom is 0.335 e. The average molecular weight is 669 g/mol. The van der Waals surface area contributed by atoms with Gasteiger partial charge in [-0.25, -0.2) is 19.3 Å². The molecule has 0 bridgehead atoms. The van der Waals surface area contributed by atoms with Crippen LogP contribution in [-0.4, -0.2) is 90.5 Å². The summed E-state index contributed by atoms with van der Waals surface area (Å²) in [6.45, 7) is 4.29. The molecule has 0 aliphatic carbocycles. The quantitative estimate of drug-likeness (QED) is 0.165. The molecule has 242 valence electrons. The standard InChI is InChI=1S/C24H25ClF2N6OS.C4H6O6/c1-16-18(14-33(31-16)22-17(3-2-7-30-22)12-29-8-6-28)13-32-9-4-23(5-10-32)21-19(11-20(25)35-21)24(26,27)15-34-23;5-1(3(7)8)2(6)4(9)10/h2-3,7,11,14,29H,4-5,8-10,12-13,15H2,1H3;1-2,5-6H,(H,7,8)(H,9,10)/t;1-,2-/m.1/s1. The van der Waals surface area contributed by atoms with E-state index in [0.717, 1.165) is 35.7 Å². The molecular weight excluding hydrogens is 638 g/mol. The number of carboxylic acids is 2. The number of pyridine rings is 1. The maximum absolute atomic E-state index is 14.4. The number of hydrogen-bond acceptors (Lipinski definition) is 11. The van der Waals surface area contributed by atoms with Gasteiger partial charge in [-0.3, -0.25) is 4.90 Å². The van der Waals surface area contributed by atoms with Crippen molar-refractivity contribution in [2.45, 2.75) is 56.6 Å². The van der Waals surface area contributed by atoms with Gasteiger partial charge in [0.1, 0.15) is 12.2 Å². The number of aliphatic hydroxyl groups is 2. The fourth-order valence-corrected chi connectivity index (χ4v) is 6.56. The Balaban J connectivity index is 0.000000399. The number of carboxylic acid groups (broad SMARTS) is 2. The maximum atomic E-state index is 14.4. The summed E-state index contributed by atoms with van der Waals surface area (Å²) in [5, 5.41) is 49.1. The number of piperidine rings is 1. The van der Waals surface area contributed by atoms with E-state index in [0.29, 0.717) is 35.1 Å². The van der Waals surface area contributed by atoms with Gasteiger partial charge >= 0.3 is 11.9 Å². The molecule has 13 nitrogen and oxygen atoms in total. The van der Waals surface area contributed by atoms with Crippen LogP contribution in [-0.2, 0) is 38.9 Å². The Morgan fingerprint density at radius 2 is 1.89 bits per heavy atom. The molecule has 1 saturated heterocycles. The summed E-state index contributed by atoms with van der Waals surface area (Å²) in [5.74, 6) is -5.81. The number of nitrogens with one attached hydrogen (secondary N) is 1. The first kappa shape index (κ1) is 34.3. The first-order chi connectivity index (χ1) is 21.3. The number of aromatic nitrogens is 3. The van der Waals surface area contributed by atoms with Crippen molar-refractivity contribution < 1.29 is 43.5 Å². The fraction of sp³-hybridized carbons (Fsp3) is 0.464. The summed E-state index contributed by atoms with van der Waals surface area (Å²) < 4.78 is 36.8. The van der Waals surface area contributed by atoms with Gasteiger partial charge < -0.3 is 30.5 Å². The van der Waals surface area contributed by atoms with Crippen molar-refractivity contribution in [2.75, 3.05) is 26.2 Å². The van der Waals surface area contributed by atoms with Crippen molar-refractivity contribution in [2.24, 2.45) is 0 Å². The molecule has 0 aromatic carbocycles. The van der Waals surface area contributed by atoms with Gasteiger partial charge in [0.05, 0.1) is 22.6 Å². The van der Waals surface area contributed by atoms with Crippen molar-refractivity contribution in [1.29, 1.82) is 5.26 Å². The first-order valence-corrected chi connectivity index (χ1v) is 14.9. The lowest BCUT2D eigenvalue weighted by atomic mass is 9.84. The summed E-state index contributed by atoms with van der Waals surface area (Å²) in [5.41, 5.74) is 2.28. The second-order valence-electron chi connectivity index (χ2n) is 10.6. The number of thiophene rings is 1. The lowest BCUT2D eigenvalue weighted by Gasteiger charge is -2.45. The highest BCUT2D eigenvalue weighted by molar-refractivity contribution is 7.16. The first-order valence-electron chi connectivity index (χ1n) is 13.7. The van der Waals surface area contributed by atoms with Crippen LogP contribution in [0, 0.1) is 18.3 Å². The van der Waals surface area contributed by atoms with E-state index in [1.165, 1.54) is 17.4 Å². The van der Waals surface area contributed by atoms with Crippen molar-refractivity contribution in [3.63, 3.8) is 0 Å². The molecule has 0 amide bonds. The number of aliphatic carboxylic acids is 2. The number of nitriles is 1. The Kier molecular flexibility index (Phi) is 10.9. The SMILES string of the molecule is Cc1nn(-c2ncccc2CNCC#N)cc1CN1CCC2(CC1)OCC(F)(F)c1cc(Cl)sc12.O=C(O)[C@H](O)[C@@H](O)C(=O)O. The smallest absolute Gasteiger partial charge is 0.335 e. The Labute approximate surface area is 265 Å². The molecule has 1 spiro atoms. The van der Waals surface area contributed by atoms with Gasteiger partial charge in [0.2, 0.25) is 0 Å². The van der Waals surface area contributed by atoms with E-state index in [2.05, 4.69) is 26.4 Å².